The van der Waals surface area contributed by atoms with Gasteiger partial charge in [-0.05, 0) is 65.3 Å². The van der Waals surface area contributed by atoms with Crippen LogP contribution in [0, 0.1) is 0 Å². The van der Waals surface area contributed by atoms with Gasteiger partial charge in [0.05, 0.1) is 22.3 Å². The van der Waals surface area contributed by atoms with E-state index in [2.05, 4.69) is 0 Å². The fourth-order valence-electron chi connectivity index (χ4n) is 4.66. The molecular weight excluding hydrogens is 698 g/mol. The minimum absolute atomic E-state index is 0.113. The third kappa shape index (κ3) is 7.72. The zero-order chi connectivity index (χ0) is 34.3. The Labute approximate surface area is 259 Å². The standard InChI is InChI=1S/C30H20F12OP2S/c31-27(32,33)19-1-9-23(10-2-19)44(43,24-11-3-20(4-12-24)28(34,35)36)17-18-45(46,25-13-5-21(6-14-25)29(37,38)39)26-15-7-22(8-16-26)30(40,41)42/h1-16H,17-18H2. The lowest BCUT2D eigenvalue weighted by Gasteiger charge is -2.28. The quantitative estimate of drug-likeness (QED) is 0.140. The number of hydrogen-bond acceptors (Lipinski definition) is 2. The topological polar surface area (TPSA) is 17.1 Å². The highest BCUT2D eigenvalue weighted by Crippen LogP contribution is 2.52. The minimum Gasteiger partial charge on any atom is -0.314 e. The normalized spacial score (nSPS) is 13.6. The van der Waals surface area contributed by atoms with E-state index in [1.807, 2.05) is 0 Å². The molecule has 0 aliphatic rings. The number of benzene rings is 4. The Morgan fingerprint density at radius 2 is 0.609 bits per heavy atom. The Kier molecular flexibility index (Phi) is 9.72. The first-order valence-corrected chi connectivity index (χ1v) is 17.8. The zero-order valence-corrected chi connectivity index (χ0v) is 25.5. The van der Waals surface area contributed by atoms with E-state index in [0.29, 0.717) is 24.3 Å². The van der Waals surface area contributed by atoms with Gasteiger partial charge in [-0.25, -0.2) is 0 Å². The Morgan fingerprint density at radius 3 is 0.826 bits per heavy atom. The molecule has 46 heavy (non-hydrogen) atoms. The molecule has 0 saturated heterocycles. The highest BCUT2D eigenvalue weighted by Gasteiger charge is 2.37. The maximum atomic E-state index is 14.7. The van der Waals surface area contributed by atoms with E-state index in [1.54, 1.807) is 0 Å². The van der Waals surface area contributed by atoms with Crippen LogP contribution in [-0.2, 0) is 41.1 Å². The predicted molar refractivity (Wildman–Crippen MR) is 156 cm³/mol. The van der Waals surface area contributed by atoms with E-state index in [9.17, 15) is 57.3 Å². The summed E-state index contributed by atoms with van der Waals surface area (Å²) in [6.07, 6.45) is -19.8. The lowest BCUT2D eigenvalue weighted by Crippen LogP contribution is -2.25. The second-order valence-electron chi connectivity index (χ2n) is 10.1. The van der Waals surface area contributed by atoms with Crippen molar-refractivity contribution >= 4 is 46.2 Å². The van der Waals surface area contributed by atoms with Gasteiger partial charge in [-0.3, -0.25) is 0 Å². The first-order chi connectivity index (χ1) is 21.0. The summed E-state index contributed by atoms with van der Waals surface area (Å²) in [7, 11) is -4.11. The largest absolute Gasteiger partial charge is 0.416 e. The molecule has 0 fully saturated rings. The maximum absolute atomic E-state index is 14.7. The Morgan fingerprint density at radius 1 is 0.391 bits per heavy atom. The van der Waals surface area contributed by atoms with Crippen LogP contribution in [-0.4, -0.2) is 12.3 Å². The van der Waals surface area contributed by atoms with Gasteiger partial charge in [-0.15, -0.1) is 0 Å². The van der Waals surface area contributed by atoms with Crippen molar-refractivity contribution in [2.45, 2.75) is 24.7 Å². The van der Waals surface area contributed by atoms with Gasteiger partial charge in [0.15, 0.2) is 0 Å². The molecule has 0 aliphatic heterocycles. The van der Waals surface area contributed by atoms with Crippen molar-refractivity contribution in [2.75, 3.05) is 12.3 Å². The summed E-state index contributed by atoms with van der Waals surface area (Å²) < 4.78 is 174. The van der Waals surface area contributed by atoms with Crippen molar-refractivity contribution < 1.29 is 57.3 Å². The third-order valence-corrected chi connectivity index (χ3v) is 15.6. The molecule has 1 nitrogen and oxygen atoms in total. The number of rotatable bonds is 7. The van der Waals surface area contributed by atoms with Crippen LogP contribution < -0.4 is 21.2 Å². The van der Waals surface area contributed by atoms with Crippen molar-refractivity contribution in [3.05, 3.63) is 119 Å². The Balaban J connectivity index is 1.85. The molecule has 246 valence electrons. The van der Waals surface area contributed by atoms with E-state index in [0.717, 1.165) is 72.8 Å². The van der Waals surface area contributed by atoms with Gasteiger partial charge >= 0.3 is 24.7 Å². The molecule has 0 aliphatic carbocycles. The van der Waals surface area contributed by atoms with Crippen molar-refractivity contribution in [1.82, 2.24) is 0 Å². The number of alkyl halides is 12. The molecule has 0 aromatic heterocycles. The SMILES string of the molecule is O=P(CCP(=S)(c1ccc(C(F)(F)F)cc1)c1ccc(C(F)(F)F)cc1)(c1ccc(C(F)(F)F)cc1)c1ccc(C(F)(F)F)cc1. The molecule has 16 heteroatoms. The van der Waals surface area contributed by atoms with Gasteiger partial charge in [0.2, 0.25) is 0 Å². The summed E-state index contributed by atoms with van der Waals surface area (Å²) in [5.41, 5.74) is -4.25. The monoisotopic (exact) mass is 718 g/mol. The van der Waals surface area contributed by atoms with Gasteiger partial charge in [0, 0.05) is 22.8 Å². The highest BCUT2D eigenvalue weighted by atomic mass is 32.4. The van der Waals surface area contributed by atoms with Crippen molar-refractivity contribution in [1.29, 1.82) is 0 Å². The molecule has 0 N–H and O–H groups in total. The first-order valence-electron chi connectivity index (χ1n) is 12.9. The molecule has 0 saturated carbocycles. The number of halogens is 12. The summed E-state index contributed by atoms with van der Waals surface area (Å²) in [5, 5.41) is -0.105. The Bertz CT molecular complexity index is 1500. The second-order valence-corrected chi connectivity index (χ2v) is 17.9. The van der Waals surface area contributed by atoms with E-state index in [-0.39, 0.29) is 27.4 Å². The smallest absolute Gasteiger partial charge is 0.314 e. The lowest BCUT2D eigenvalue weighted by molar-refractivity contribution is -0.138. The highest BCUT2D eigenvalue weighted by molar-refractivity contribution is 8.22. The molecule has 0 bridgehead atoms. The van der Waals surface area contributed by atoms with E-state index >= 15 is 0 Å². The van der Waals surface area contributed by atoms with Crippen molar-refractivity contribution in [2.24, 2.45) is 0 Å². The van der Waals surface area contributed by atoms with Crippen LogP contribution >= 0.6 is 13.2 Å². The second kappa shape index (κ2) is 12.5. The van der Waals surface area contributed by atoms with E-state index in [4.69, 9.17) is 11.8 Å². The summed E-state index contributed by atoms with van der Waals surface area (Å²) in [6.45, 7) is 0. The molecule has 4 rings (SSSR count). The summed E-state index contributed by atoms with van der Waals surface area (Å²) in [4.78, 5) is 0. The van der Waals surface area contributed by atoms with E-state index in [1.165, 1.54) is 0 Å². The van der Waals surface area contributed by atoms with Crippen LogP contribution in [0.25, 0.3) is 0 Å². The molecule has 0 heterocycles. The molecule has 0 atom stereocenters. The van der Waals surface area contributed by atoms with Crippen LogP contribution in [0.15, 0.2) is 97.1 Å². The summed E-state index contributed by atoms with van der Waals surface area (Å²) >= 11 is 5.95. The van der Waals surface area contributed by atoms with Crippen molar-refractivity contribution in [3.63, 3.8) is 0 Å². The van der Waals surface area contributed by atoms with Crippen LogP contribution in [0.5, 0.6) is 0 Å². The average Bonchev–Trinajstić information content (AvgIpc) is 2.98. The van der Waals surface area contributed by atoms with Gasteiger partial charge in [0.25, 0.3) is 0 Å². The van der Waals surface area contributed by atoms with Gasteiger partial charge in [-0.2, -0.15) is 52.7 Å². The maximum Gasteiger partial charge on any atom is 0.416 e. The fourth-order valence-corrected chi connectivity index (χ4v) is 12.5. The molecule has 0 amide bonds. The average molecular weight is 718 g/mol. The molecular formula is C30H20F12OP2S. The van der Waals surface area contributed by atoms with Gasteiger partial charge in [0.1, 0.15) is 7.14 Å². The van der Waals surface area contributed by atoms with Crippen LogP contribution in [0.3, 0.4) is 0 Å². The predicted octanol–water partition coefficient (Wildman–Crippen LogP) is 9.21. The number of hydrogen-bond donors (Lipinski definition) is 0. The Hall–Kier alpha value is -3.08. The molecule has 4 aromatic carbocycles. The molecule has 0 unspecified atom stereocenters. The zero-order valence-electron chi connectivity index (χ0n) is 22.9. The van der Waals surface area contributed by atoms with Gasteiger partial charge in [-0.1, -0.05) is 60.3 Å². The first kappa shape index (κ1) is 35.8. The van der Waals surface area contributed by atoms with Crippen LogP contribution in [0.1, 0.15) is 22.3 Å². The van der Waals surface area contributed by atoms with Crippen molar-refractivity contribution in [3.8, 4) is 0 Å². The molecule has 4 aromatic rings. The van der Waals surface area contributed by atoms with Crippen LogP contribution in [0.4, 0.5) is 52.7 Å². The van der Waals surface area contributed by atoms with Crippen LogP contribution in [0.2, 0.25) is 0 Å². The third-order valence-electron chi connectivity index (χ3n) is 7.18. The summed E-state index contributed by atoms with van der Waals surface area (Å²) in [6, 6.07) is 9.99. The van der Waals surface area contributed by atoms with Gasteiger partial charge < -0.3 is 4.57 Å². The lowest BCUT2D eigenvalue weighted by atomic mass is 10.2. The minimum atomic E-state index is -4.76. The van der Waals surface area contributed by atoms with E-state index < -0.39 is 66.3 Å². The molecule has 0 spiro atoms. The molecule has 0 radical (unpaired) electrons. The fraction of sp³-hybridized carbons (Fsp3) is 0.200. The summed E-state index contributed by atoms with van der Waals surface area (Å²) in [5.74, 6) is 0.